The van der Waals surface area contributed by atoms with Crippen LogP contribution in [-0.2, 0) is 14.4 Å². The predicted octanol–water partition coefficient (Wildman–Crippen LogP) is 1.01. The molecule has 1 heterocycles. The van der Waals surface area contributed by atoms with E-state index in [1.54, 1.807) is 0 Å². The Bertz CT molecular complexity index is 164. The number of carbonyl (C=O) groups is 1. The Balaban J connectivity index is 2.21. The van der Waals surface area contributed by atoms with Gasteiger partial charge >= 0.3 is 0 Å². The minimum Gasteiger partial charge on any atom is -0.368 e. The Morgan fingerprint density at radius 1 is 1.54 bits per heavy atom. The second-order valence-corrected chi connectivity index (χ2v) is 3.49. The molecule has 1 saturated heterocycles. The molecule has 1 aliphatic heterocycles. The minimum absolute atomic E-state index is 0.00698. The van der Waals surface area contributed by atoms with Crippen molar-refractivity contribution in [2.75, 3.05) is 6.61 Å². The Kier molecular flexibility index (Phi) is 4.18. The maximum atomic E-state index is 11.3. The third kappa shape index (κ3) is 3.74. The highest BCUT2D eigenvalue weighted by Gasteiger charge is 2.21. The molecule has 4 heteroatoms. The highest BCUT2D eigenvalue weighted by molar-refractivity contribution is 5.79. The molecule has 1 aliphatic rings. The van der Waals surface area contributed by atoms with Crippen LogP contribution >= 0.6 is 0 Å². The van der Waals surface area contributed by atoms with Gasteiger partial charge in [-0.3, -0.25) is 9.63 Å². The first-order valence-corrected chi connectivity index (χ1v) is 4.77. The van der Waals surface area contributed by atoms with Gasteiger partial charge in [0.1, 0.15) is 6.10 Å². The summed E-state index contributed by atoms with van der Waals surface area (Å²) in [6, 6.07) is 0. The van der Waals surface area contributed by atoms with Crippen LogP contribution in [0.2, 0.25) is 0 Å². The van der Waals surface area contributed by atoms with Gasteiger partial charge in [-0.15, -0.1) is 0 Å². The van der Waals surface area contributed by atoms with Gasteiger partial charge in [0, 0.05) is 6.61 Å². The molecule has 0 aromatic heterocycles. The lowest BCUT2D eigenvalue weighted by Gasteiger charge is -2.21. The van der Waals surface area contributed by atoms with Crippen LogP contribution in [0.3, 0.4) is 0 Å². The van der Waals surface area contributed by atoms with Gasteiger partial charge in [0.05, 0.1) is 6.10 Å². The Hall–Kier alpha value is -0.610. The second-order valence-electron chi connectivity index (χ2n) is 3.49. The largest absolute Gasteiger partial charge is 0.368 e. The molecule has 0 aromatic carbocycles. The Morgan fingerprint density at radius 2 is 2.31 bits per heavy atom. The monoisotopic (exact) mass is 187 g/mol. The molecule has 0 aromatic rings. The molecule has 1 fully saturated rings. The third-order valence-electron chi connectivity index (χ3n) is 1.87. The van der Waals surface area contributed by atoms with Gasteiger partial charge in [0.25, 0.3) is 5.91 Å². The Morgan fingerprint density at radius 3 is 2.85 bits per heavy atom. The quantitative estimate of drug-likeness (QED) is 0.671. The van der Waals surface area contributed by atoms with Gasteiger partial charge in [-0.1, -0.05) is 0 Å². The van der Waals surface area contributed by atoms with Crippen LogP contribution in [0.5, 0.6) is 0 Å². The first-order valence-electron chi connectivity index (χ1n) is 4.77. The van der Waals surface area contributed by atoms with E-state index in [0.29, 0.717) is 6.61 Å². The maximum Gasteiger partial charge on any atom is 0.272 e. The van der Waals surface area contributed by atoms with Gasteiger partial charge in [0.15, 0.2) is 0 Å². The van der Waals surface area contributed by atoms with Gasteiger partial charge in [0.2, 0.25) is 0 Å². The lowest BCUT2D eigenvalue weighted by atomic mass is 10.1. The summed E-state index contributed by atoms with van der Waals surface area (Å²) < 4.78 is 5.28. The number of hydroxylamine groups is 1. The van der Waals surface area contributed by atoms with E-state index in [1.807, 2.05) is 13.8 Å². The fraction of sp³-hybridized carbons (Fsp3) is 0.889. The zero-order valence-corrected chi connectivity index (χ0v) is 8.21. The summed E-state index contributed by atoms with van der Waals surface area (Å²) in [5.41, 5.74) is 2.39. The van der Waals surface area contributed by atoms with E-state index >= 15 is 0 Å². The van der Waals surface area contributed by atoms with Crippen molar-refractivity contribution < 1.29 is 14.4 Å². The summed E-state index contributed by atoms with van der Waals surface area (Å²) in [4.78, 5) is 16.3. The normalized spacial score (nSPS) is 23.2. The van der Waals surface area contributed by atoms with E-state index < -0.39 is 0 Å². The first kappa shape index (κ1) is 10.5. The summed E-state index contributed by atoms with van der Waals surface area (Å²) in [7, 11) is 0. The van der Waals surface area contributed by atoms with Crippen molar-refractivity contribution in [3.63, 3.8) is 0 Å². The number of ether oxygens (including phenoxy) is 1. The number of amides is 1. The summed E-state index contributed by atoms with van der Waals surface area (Å²) >= 11 is 0. The number of nitrogens with one attached hydrogen (secondary N) is 1. The van der Waals surface area contributed by atoms with Gasteiger partial charge in [-0.05, 0) is 33.1 Å². The van der Waals surface area contributed by atoms with Crippen LogP contribution in [0.25, 0.3) is 0 Å². The topological polar surface area (TPSA) is 47.6 Å². The molecule has 0 saturated carbocycles. The minimum atomic E-state index is -0.313. The van der Waals surface area contributed by atoms with Crippen LogP contribution in [-0.4, -0.2) is 24.7 Å². The molecular formula is C9H17NO3. The lowest BCUT2D eigenvalue weighted by Crippen LogP contribution is -2.39. The van der Waals surface area contributed by atoms with E-state index in [1.165, 1.54) is 0 Å². The van der Waals surface area contributed by atoms with Crippen LogP contribution in [0.15, 0.2) is 0 Å². The van der Waals surface area contributed by atoms with Crippen LogP contribution in [0, 0.1) is 0 Å². The smallest absolute Gasteiger partial charge is 0.272 e. The molecule has 1 amide bonds. The summed E-state index contributed by atoms with van der Waals surface area (Å²) in [6.45, 7) is 4.41. The summed E-state index contributed by atoms with van der Waals surface area (Å²) in [5.74, 6) is -0.159. The van der Waals surface area contributed by atoms with E-state index in [-0.39, 0.29) is 18.1 Å². The van der Waals surface area contributed by atoms with Crippen molar-refractivity contribution >= 4 is 5.91 Å². The molecule has 1 N–H and O–H groups in total. The molecular weight excluding hydrogens is 170 g/mol. The lowest BCUT2D eigenvalue weighted by molar-refractivity contribution is -0.151. The fourth-order valence-corrected chi connectivity index (χ4v) is 1.19. The molecule has 0 spiro atoms. The molecule has 0 bridgehead atoms. The number of hydrogen-bond acceptors (Lipinski definition) is 3. The maximum absolute atomic E-state index is 11.3. The molecule has 4 nitrogen and oxygen atoms in total. The van der Waals surface area contributed by atoms with Crippen molar-refractivity contribution in [3.8, 4) is 0 Å². The summed E-state index contributed by atoms with van der Waals surface area (Å²) in [5, 5.41) is 0. The second kappa shape index (κ2) is 5.19. The molecule has 0 radical (unpaired) electrons. The van der Waals surface area contributed by atoms with Crippen molar-refractivity contribution in [1.29, 1.82) is 0 Å². The van der Waals surface area contributed by atoms with Gasteiger partial charge in [-0.25, -0.2) is 5.48 Å². The Labute approximate surface area is 78.5 Å². The van der Waals surface area contributed by atoms with Crippen molar-refractivity contribution in [1.82, 2.24) is 5.48 Å². The zero-order chi connectivity index (χ0) is 9.68. The van der Waals surface area contributed by atoms with Crippen LogP contribution < -0.4 is 5.48 Å². The zero-order valence-electron chi connectivity index (χ0n) is 8.21. The highest BCUT2D eigenvalue weighted by Crippen LogP contribution is 2.12. The summed E-state index contributed by atoms with van der Waals surface area (Å²) in [6.07, 6.45) is 2.60. The van der Waals surface area contributed by atoms with Crippen molar-refractivity contribution in [2.45, 2.75) is 45.3 Å². The SMILES string of the molecule is CC(C)ONC(=O)C1CCCCO1. The number of carbonyl (C=O) groups excluding carboxylic acids is 1. The highest BCUT2D eigenvalue weighted by atomic mass is 16.7. The predicted molar refractivity (Wildman–Crippen MR) is 48.0 cm³/mol. The van der Waals surface area contributed by atoms with E-state index in [2.05, 4.69) is 5.48 Å². The van der Waals surface area contributed by atoms with Gasteiger partial charge in [-0.2, -0.15) is 0 Å². The van der Waals surface area contributed by atoms with E-state index in [0.717, 1.165) is 19.3 Å². The molecule has 0 aliphatic carbocycles. The standard InChI is InChI=1S/C9H17NO3/c1-7(2)13-10-9(11)8-5-3-4-6-12-8/h7-8H,3-6H2,1-2H3,(H,10,11). The average molecular weight is 187 g/mol. The molecule has 1 unspecified atom stereocenters. The van der Waals surface area contributed by atoms with Crippen LogP contribution in [0.4, 0.5) is 0 Å². The van der Waals surface area contributed by atoms with E-state index in [9.17, 15) is 4.79 Å². The molecule has 1 rings (SSSR count). The molecule has 13 heavy (non-hydrogen) atoms. The van der Waals surface area contributed by atoms with Crippen LogP contribution in [0.1, 0.15) is 33.1 Å². The number of hydrogen-bond donors (Lipinski definition) is 1. The van der Waals surface area contributed by atoms with Crippen molar-refractivity contribution in [3.05, 3.63) is 0 Å². The first-order chi connectivity index (χ1) is 6.20. The fourth-order valence-electron chi connectivity index (χ4n) is 1.19. The molecule has 76 valence electrons. The van der Waals surface area contributed by atoms with E-state index in [4.69, 9.17) is 9.57 Å². The number of rotatable bonds is 3. The third-order valence-corrected chi connectivity index (χ3v) is 1.87. The van der Waals surface area contributed by atoms with Crippen molar-refractivity contribution in [2.24, 2.45) is 0 Å². The average Bonchev–Trinajstić information content (AvgIpc) is 2.15. The molecule has 1 atom stereocenters. The van der Waals surface area contributed by atoms with Gasteiger partial charge < -0.3 is 4.74 Å².